The van der Waals surface area contributed by atoms with Gasteiger partial charge < -0.3 is 14.4 Å². The van der Waals surface area contributed by atoms with Crippen molar-refractivity contribution in [3.63, 3.8) is 0 Å². The Morgan fingerprint density at radius 1 is 1.00 bits per heavy atom. The zero-order valence-electron chi connectivity index (χ0n) is 18.8. The number of hydrogen-bond acceptors (Lipinski definition) is 6. The molecule has 178 valence electrons. The molecule has 0 spiro atoms. The summed E-state index contributed by atoms with van der Waals surface area (Å²) < 4.78 is 48.0. The van der Waals surface area contributed by atoms with Crippen molar-refractivity contribution >= 4 is 0 Å². The molecule has 0 aliphatic carbocycles. The summed E-state index contributed by atoms with van der Waals surface area (Å²) in [6.07, 6.45) is -4.19. The Morgan fingerprint density at radius 2 is 1.65 bits per heavy atom. The molecule has 2 aromatic carbocycles. The minimum Gasteiger partial charge on any atom is -0.406 e. The van der Waals surface area contributed by atoms with E-state index < -0.39 is 12.0 Å². The lowest BCUT2D eigenvalue weighted by Gasteiger charge is -2.17. The summed E-state index contributed by atoms with van der Waals surface area (Å²) >= 11 is 0. The number of aryl methyl sites for hydroxylation is 1. The van der Waals surface area contributed by atoms with Crippen LogP contribution < -0.4 is 4.74 Å². The molecule has 0 radical (unpaired) electrons. The van der Waals surface area contributed by atoms with Gasteiger partial charge in [-0.1, -0.05) is 29.4 Å². The molecule has 0 fully saturated rings. The van der Waals surface area contributed by atoms with E-state index >= 15 is 0 Å². The lowest BCUT2D eigenvalue weighted by molar-refractivity contribution is -0.274. The fourth-order valence-electron chi connectivity index (χ4n) is 3.46. The Bertz CT molecular complexity index is 1250. The van der Waals surface area contributed by atoms with Gasteiger partial charge in [0.15, 0.2) is 5.69 Å². The maximum Gasteiger partial charge on any atom is 0.573 e. The minimum atomic E-state index is -4.75. The average Bonchev–Trinajstić information content (AvgIpc) is 3.35. The summed E-state index contributed by atoms with van der Waals surface area (Å²) in [5.74, 6) is 0.0959. The third kappa shape index (κ3) is 6.02. The highest BCUT2D eigenvalue weighted by Gasteiger charge is 2.31. The molecule has 34 heavy (non-hydrogen) atoms. The maximum atomic E-state index is 12.3. The van der Waals surface area contributed by atoms with E-state index in [4.69, 9.17) is 4.52 Å². The van der Waals surface area contributed by atoms with Gasteiger partial charge in [0.1, 0.15) is 5.75 Å². The standard InChI is InChI=1S/C24H23F3N4O3/c1-15-12-20(29-31(15)14-17-6-4-16(5-7-17)13-23(2,3)32)22-28-21(30-34-22)18-8-10-19(11-9-18)33-24(25,26)27/h4-12,32H,13-14H2,1-3H3. The lowest BCUT2D eigenvalue weighted by Crippen LogP contribution is -2.21. The maximum absolute atomic E-state index is 12.3. The van der Waals surface area contributed by atoms with E-state index in [2.05, 4.69) is 20.0 Å². The highest BCUT2D eigenvalue weighted by atomic mass is 19.4. The van der Waals surface area contributed by atoms with Crippen molar-refractivity contribution in [1.29, 1.82) is 0 Å². The largest absolute Gasteiger partial charge is 0.573 e. The van der Waals surface area contributed by atoms with Crippen LogP contribution >= 0.6 is 0 Å². The molecule has 0 aliphatic heterocycles. The first-order valence-electron chi connectivity index (χ1n) is 10.5. The molecule has 0 bridgehead atoms. The molecule has 2 aromatic heterocycles. The van der Waals surface area contributed by atoms with E-state index in [0.717, 1.165) is 16.8 Å². The predicted molar refractivity (Wildman–Crippen MR) is 118 cm³/mol. The van der Waals surface area contributed by atoms with Gasteiger partial charge in [-0.2, -0.15) is 10.1 Å². The van der Waals surface area contributed by atoms with Crippen molar-refractivity contribution < 1.29 is 27.5 Å². The number of aromatic nitrogens is 4. The van der Waals surface area contributed by atoms with Gasteiger partial charge in [0, 0.05) is 17.7 Å². The second-order valence-electron chi connectivity index (χ2n) is 8.63. The number of ether oxygens (including phenoxy) is 1. The monoisotopic (exact) mass is 472 g/mol. The van der Waals surface area contributed by atoms with Crippen molar-refractivity contribution in [3.8, 4) is 28.7 Å². The van der Waals surface area contributed by atoms with Crippen LogP contribution in [0, 0.1) is 6.92 Å². The first-order chi connectivity index (χ1) is 15.9. The molecular formula is C24H23F3N4O3. The molecular weight excluding hydrogens is 449 g/mol. The third-order valence-corrected chi connectivity index (χ3v) is 4.96. The Labute approximate surface area is 193 Å². The number of benzene rings is 2. The van der Waals surface area contributed by atoms with Crippen LogP contribution in [-0.4, -0.2) is 37.0 Å². The predicted octanol–water partition coefficient (Wildman–Crippen LogP) is 5.17. The van der Waals surface area contributed by atoms with Crippen LogP contribution in [0.15, 0.2) is 59.1 Å². The van der Waals surface area contributed by atoms with Crippen molar-refractivity contribution in [2.75, 3.05) is 0 Å². The van der Waals surface area contributed by atoms with Crippen LogP contribution in [0.1, 0.15) is 30.7 Å². The number of aliphatic hydroxyl groups is 1. The second-order valence-corrected chi connectivity index (χ2v) is 8.63. The number of hydrogen-bond donors (Lipinski definition) is 1. The van der Waals surface area contributed by atoms with Crippen LogP contribution in [0.2, 0.25) is 0 Å². The number of halogens is 3. The summed E-state index contributed by atoms with van der Waals surface area (Å²) in [7, 11) is 0. The van der Waals surface area contributed by atoms with Crippen LogP contribution in [0.3, 0.4) is 0 Å². The van der Waals surface area contributed by atoms with Gasteiger partial charge in [-0.15, -0.1) is 13.2 Å². The summed E-state index contributed by atoms with van der Waals surface area (Å²) in [5, 5.41) is 18.4. The van der Waals surface area contributed by atoms with Gasteiger partial charge in [-0.05, 0) is 62.2 Å². The molecule has 2 heterocycles. The average molecular weight is 472 g/mol. The van der Waals surface area contributed by atoms with E-state index in [1.165, 1.54) is 24.3 Å². The van der Waals surface area contributed by atoms with Crippen LogP contribution in [0.5, 0.6) is 5.75 Å². The SMILES string of the molecule is Cc1cc(-c2nc(-c3ccc(OC(F)(F)F)cc3)no2)nn1Cc1ccc(CC(C)(C)O)cc1. The van der Waals surface area contributed by atoms with Gasteiger partial charge in [0.05, 0.1) is 12.1 Å². The zero-order chi connectivity index (χ0) is 24.5. The number of rotatable bonds is 7. The smallest absolute Gasteiger partial charge is 0.406 e. The van der Waals surface area contributed by atoms with E-state index in [-0.39, 0.29) is 17.5 Å². The Balaban J connectivity index is 1.47. The number of alkyl halides is 3. The summed E-state index contributed by atoms with van der Waals surface area (Å²) in [6, 6.07) is 15.0. The van der Waals surface area contributed by atoms with Crippen molar-refractivity contribution in [2.45, 2.75) is 45.7 Å². The molecule has 0 aliphatic rings. The van der Waals surface area contributed by atoms with Gasteiger partial charge in [-0.25, -0.2) is 0 Å². The van der Waals surface area contributed by atoms with Gasteiger partial charge >= 0.3 is 6.36 Å². The Kier molecular flexibility index (Phi) is 6.18. The molecule has 0 saturated heterocycles. The minimum absolute atomic E-state index is 0.202. The topological polar surface area (TPSA) is 86.2 Å². The molecule has 0 saturated carbocycles. The fourth-order valence-corrected chi connectivity index (χ4v) is 3.46. The van der Waals surface area contributed by atoms with E-state index in [1.807, 2.05) is 41.9 Å². The van der Waals surface area contributed by atoms with Gasteiger partial charge in [-0.3, -0.25) is 4.68 Å². The Morgan fingerprint density at radius 3 is 2.26 bits per heavy atom. The fraction of sp³-hybridized carbons (Fsp3) is 0.292. The van der Waals surface area contributed by atoms with E-state index in [0.29, 0.717) is 24.2 Å². The van der Waals surface area contributed by atoms with Crippen LogP contribution in [0.4, 0.5) is 13.2 Å². The molecule has 0 amide bonds. The lowest BCUT2D eigenvalue weighted by atomic mass is 9.98. The highest BCUT2D eigenvalue weighted by Crippen LogP contribution is 2.27. The van der Waals surface area contributed by atoms with Crippen molar-refractivity contribution in [2.24, 2.45) is 0 Å². The first kappa shape index (κ1) is 23.5. The second kappa shape index (κ2) is 8.94. The molecule has 1 N–H and O–H groups in total. The summed E-state index contributed by atoms with van der Waals surface area (Å²) in [6.45, 7) is 6.00. The van der Waals surface area contributed by atoms with Crippen LogP contribution in [-0.2, 0) is 13.0 Å². The first-order valence-corrected chi connectivity index (χ1v) is 10.5. The molecule has 10 heteroatoms. The van der Waals surface area contributed by atoms with Crippen LogP contribution in [0.25, 0.3) is 23.0 Å². The molecule has 4 rings (SSSR count). The summed E-state index contributed by atoms with van der Waals surface area (Å²) in [5.41, 5.74) is 3.19. The van der Waals surface area contributed by atoms with Crippen molar-refractivity contribution in [3.05, 3.63) is 71.4 Å². The molecule has 0 atom stereocenters. The third-order valence-electron chi connectivity index (χ3n) is 4.96. The summed E-state index contributed by atoms with van der Waals surface area (Å²) in [4.78, 5) is 4.32. The normalized spacial score (nSPS) is 12.2. The van der Waals surface area contributed by atoms with Gasteiger partial charge in [0.2, 0.25) is 5.82 Å². The molecule has 7 nitrogen and oxygen atoms in total. The van der Waals surface area contributed by atoms with E-state index in [9.17, 15) is 18.3 Å². The Hall–Kier alpha value is -3.66. The quantitative estimate of drug-likeness (QED) is 0.400. The van der Waals surface area contributed by atoms with Crippen molar-refractivity contribution in [1.82, 2.24) is 19.9 Å². The molecule has 0 unspecified atom stereocenters. The van der Waals surface area contributed by atoms with E-state index in [1.54, 1.807) is 13.8 Å². The zero-order valence-corrected chi connectivity index (χ0v) is 18.8. The number of nitrogens with zero attached hydrogens (tertiary/aromatic N) is 4. The molecule has 4 aromatic rings. The van der Waals surface area contributed by atoms with Gasteiger partial charge in [0.25, 0.3) is 5.89 Å². The highest BCUT2D eigenvalue weighted by molar-refractivity contribution is 5.58.